The summed E-state index contributed by atoms with van der Waals surface area (Å²) in [5, 5.41) is 13.6. The number of nitrogens with zero attached hydrogens (tertiary/aromatic N) is 2. The van der Waals surface area contributed by atoms with Crippen molar-refractivity contribution >= 4 is 33.3 Å². The average Bonchev–Trinajstić information content (AvgIpc) is 3.04. The van der Waals surface area contributed by atoms with Crippen molar-refractivity contribution in [1.29, 1.82) is 0 Å². The van der Waals surface area contributed by atoms with E-state index in [1.54, 1.807) is 17.7 Å². The lowest BCUT2D eigenvalue weighted by molar-refractivity contribution is -0.141. The maximum Gasteiger partial charge on any atom is 0.308 e. The Balaban J connectivity index is 1.90. The molecule has 1 aliphatic carbocycles. The van der Waals surface area contributed by atoms with Gasteiger partial charge in [0.05, 0.1) is 11.3 Å². The van der Waals surface area contributed by atoms with Crippen molar-refractivity contribution < 1.29 is 9.90 Å². The standard InChI is InChI=1S/C14H17N3O2S/c1-2-8-6-10-12(15-7-16-13(10)20-8)17-11-5-3-4-9(11)14(18)19/h6-7,9,11H,2-5H2,1H3,(H,18,19)(H,15,16,17). The van der Waals surface area contributed by atoms with Crippen LogP contribution >= 0.6 is 11.3 Å². The summed E-state index contributed by atoms with van der Waals surface area (Å²) >= 11 is 1.67. The molecule has 106 valence electrons. The van der Waals surface area contributed by atoms with Crippen LogP contribution in [0.3, 0.4) is 0 Å². The number of hydrogen-bond donors (Lipinski definition) is 2. The van der Waals surface area contributed by atoms with Gasteiger partial charge in [-0.25, -0.2) is 9.97 Å². The maximum atomic E-state index is 11.2. The lowest BCUT2D eigenvalue weighted by atomic mass is 10.0. The summed E-state index contributed by atoms with van der Waals surface area (Å²) in [6.45, 7) is 2.11. The van der Waals surface area contributed by atoms with E-state index < -0.39 is 5.97 Å². The maximum absolute atomic E-state index is 11.2. The van der Waals surface area contributed by atoms with Gasteiger partial charge >= 0.3 is 5.97 Å². The third-order valence-electron chi connectivity index (χ3n) is 3.88. The summed E-state index contributed by atoms with van der Waals surface area (Å²) in [4.78, 5) is 22.1. The van der Waals surface area contributed by atoms with E-state index in [0.717, 1.165) is 41.7 Å². The predicted octanol–water partition coefficient (Wildman–Crippen LogP) is 2.92. The fraction of sp³-hybridized carbons (Fsp3) is 0.500. The van der Waals surface area contributed by atoms with Gasteiger partial charge in [0.25, 0.3) is 0 Å². The van der Waals surface area contributed by atoms with Crippen molar-refractivity contribution in [3.05, 3.63) is 17.3 Å². The molecule has 0 amide bonds. The van der Waals surface area contributed by atoms with Crippen LogP contribution in [0.5, 0.6) is 0 Å². The summed E-state index contributed by atoms with van der Waals surface area (Å²) in [6.07, 6.45) is 5.10. The normalized spacial score (nSPS) is 22.2. The highest BCUT2D eigenvalue weighted by atomic mass is 32.1. The zero-order valence-electron chi connectivity index (χ0n) is 11.3. The van der Waals surface area contributed by atoms with Crippen LogP contribution in [0.4, 0.5) is 5.82 Å². The molecular weight excluding hydrogens is 274 g/mol. The Bertz CT molecular complexity index is 640. The topological polar surface area (TPSA) is 75.1 Å². The second kappa shape index (κ2) is 5.36. The molecule has 1 saturated carbocycles. The molecule has 2 aromatic heterocycles. The number of aryl methyl sites for hydroxylation is 1. The van der Waals surface area contributed by atoms with Crippen molar-refractivity contribution in [1.82, 2.24) is 9.97 Å². The lowest BCUT2D eigenvalue weighted by Crippen LogP contribution is -2.30. The number of aliphatic carboxylic acids is 1. The summed E-state index contributed by atoms with van der Waals surface area (Å²) < 4.78 is 0. The molecule has 2 aromatic rings. The van der Waals surface area contributed by atoms with Gasteiger partial charge < -0.3 is 10.4 Å². The van der Waals surface area contributed by atoms with Gasteiger partial charge in [-0.2, -0.15) is 0 Å². The Morgan fingerprint density at radius 1 is 1.50 bits per heavy atom. The van der Waals surface area contributed by atoms with Crippen LogP contribution in [0, 0.1) is 5.92 Å². The highest BCUT2D eigenvalue weighted by molar-refractivity contribution is 7.18. The van der Waals surface area contributed by atoms with E-state index in [-0.39, 0.29) is 12.0 Å². The molecule has 0 spiro atoms. The molecular formula is C14H17N3O2S. The Labute approximate surface area is 121 Å². The van der Waals surface area contributed by atoms with Crippen molar-refractivity contribution in [2.24, 2.45) is 5.92 Å². The number of carbonyl (C=O) groups is 1. The minimum Gasteiger partial charge on any atom is -0.481 e. The summed E-state index contributed by atoms with van der Waals surface area (Å²) in [7, 11) is 0. The third-order valence-corrected chi connectivity index (χ3v) is 5.07. The molecule has 2 heterocycles. The van der Waals surface area contributed by atoms with Gasteiger partial charge in [-0.05, 0) is 25.3 Å². The largest absolute Gasteiger partial charge is 0.481 e. The van der Waals surface area contributed by atoms with E-state index in [2.05, 4.69) is 28.3 Å². The molecule has 0 radical (unpaired) electrons. The van der Waals surface area contributed by atoms with Crippen LogP contribution in [0.15, 0.2) is 12.4 Å². The van der Waals surface area contributed by atoms with Crippen molar-refractivity contribution in [3.63, 3.8) is 0 Å². The molecule has 1 fully saturated rings. The van der Waals surface area contributed by atoms with E-state index in [1.165, 1.54) is 4.88 Å². The van der Waals surface area contributed by atoms with E-state index in [0.29, 0.717) is 0 Å². The number of aromatic nitrogens is 2. The third kappa shape index (κ3) is 2.35. The number of thiophene rings is 1. The molecule has 5 nitrogen and oxygen atoms in total. The number of rotatable bonds is 4. The summed E-state index contributed by atoms with van der Waals surface area (Å²) in [5.41, 5.74) is 0. The van der Waals surface area contributed by atoms with Crippen LogP contribution in [0.25, 0.3) is 10.2 Å². The van der Waals surface area contributed by atoms with E-state index in [4.69, 9.17) is 0 Å². The summed E-state index contributed by atoms with van der Waals surface area (Å²) in [6, 6.07) is 2.07. The van der Waals surface area contributed by atoms with Gasteiger partial charge in [0.1, 0.15) is 17.0 Å². The highest BCUT2D eigenvalue weighted by Crippen LogP contribution is 2.32. The van der Waals surface area contributed by atoms with E-state index in [9.17, 15) is 9.90 Å². The average molecular weight is 291 g/mol. The van der Waals surface area contributed by atoms with Crippen molar-refractivity contribution in [2.45, 2.75) is 38.6 Å². The molecule has 0 bridgehead atoms. The SMILES string of the molecule is CCc1cc2c(NC3CCCC3C(=O)O)ncnc2s1. The molecule has 3 rings (SSSR count). The minimum absolute atomic E-state index is 0.0319. The van der Waals surface area contributed by atoms with Crippen LogP contribution in [0.1, 0.15) is 31.1 Å². The number of fused-ring (bicyclic) bond motifs is 1. The molecule has 2 N–H and O–H groups in total. The monoisotopic (exact) mass is 291 g/mol. The van der Waals surface area contributed by atoms with E-state index >= 15 is 0 Å². The molecule has 1 aliphatic rings. The van der Waals surface area contributed by atoms with Gasteiger partial charge in [0.15, 0.2) is 0 Å². The molecule has 20 heavy (non-hydrogen) atoms. The van der Waals surface area contributed by atoms with Crippen LogP contribution in [0.2, 0.25) is 0 Å². The van der Waals surface area contributed by atoms with Crippen LogP contribution in [-0.2, 0) is 11.2 Å². The Kier molecular flexibility index (Phi) is 3.56. The zero-order valence-corrected chi connectivity index (χ0v) is 12.1. The minimum atomic E-state index is -0.718. The van der Waals surface area contributed by atoms with Crippen molar-refractivity contribution in [2.75, 3.05) is 5.32 Å². The first-order valence-corrected chi connectivity index (χ1v) is 7.73. The fourth-order valence-corrected chi connectivity index (χ4v) is 3.73. The number of nitrogens with one attached hydrogen (secondary N) is 1. The van der Waals surface area contributed by atoms with E-state index in [1.807, 2.05) is 0 Å². The predicted molar refractivity (Wildman–Crippen MR) is 79.2 cm³/mol. The fourth-order valence-electron chi connectivity index (χ4n) is 2.80. The number of anilines is 1. The van der Waals surface area contributed by atoms with Gasteiger partial charge in [-0.3, -0.25) is 4.79 Å². The van der Waals surface area contributed by atoms with Crippen LogP contribution in [-0.4, -0.2) is 27.1 Å². The Morgan fingerprint density at radius 2 is 2.35 bits per heavy atom. The van der Waals surface area contributed by atoms with Gasteiger partial charge in [-0.15, -0.1) is 11.3 Å². The Hall–Kier alpha value is -1.69. The second-order valence-corrected chi connectivity index (χ2v) is 6.25. The molecule has 2 unspecified atom stereocenters. The molecule has 0 aromatic carbocycles. The van der Waals surface area contributed by atoms with Gasteiger partial charge in [0, 0.05) is 10.9 Å². The van der Waals surface area contributed by atoms with Crippen molar-refractivity contribution in [3.8, 4) is 0 Å². The lowest BCUT2D eigenvalue weighted by Gasteiger charge is -2.18. The smallest absolute Gasteiger partial charge is 0.308 e. The number of carboxylic acids is 1. The zero-order chi connectivity index (χ0) is 14.1. The molecule has 6 heteroatoms. The quantitative estimate of drug-likeness (QED) is 0.906. The second-order valence-electron chi connectivity index (χ2n) is 5.13. The van der Waals surface area contributed by atoms with Gasteiger partial charge in [0.2, 0.25) is 0 Å². The number of hydrogen-bond acceptors (Lipinski definition) is 5. The summed E-state index contributed by atoms with van der Waals surface area (Å²) in [5.74, 6) is -0.265. The Morgan fingerprint density at radius 3 is 3.10 bits per heavy atom. The molecule has 0 aliphatic heterocycles. The number of carboxylic acid groups (broad SMARTS) is 1. The molecule has 2 atom stereocenters. The first kappa shape index (κ1) is 13.3. The molecule has 0 saturated heterocycles. The van der Waals surface area contributed by atoms with Gasteiger partial charge in [-0.1, -0.05) is 13.3 Å². The highest BCUT2D eigenvalue weighted by Gasteiger charge is 2.33. The van der Waals surface area contributed by atoms with Crippen LogP contribution < -0.4 is 5.32 Å². The first-order chi connectivity index (χ1) is 9.69. The first-order valence-electron chi connectivity index (χ1n) is 6.91.